The maximum Gasteiger partial charge on any atom is 0.255 e. The first-order valence-electron chi connectivity index (χ1n) is 16.0. The summed E-state index contributed by atoms with van der Waals surface area (Å²) in [7, 11) is 4.01. The number of rotatable bonds is 9. The molecule has 0 bridgehead atoms. The fourth-order valence-electron chi connectivity index (χ4n) is 5.07. The second-order valence-corrected chi connectivity index (χ2v) is 11.7. The maximum atomic E-state index is 13.0. The van der Waals surface area contributed by atoms with Crippen LogP contribution >= 0.6 is 0 Å². The fourth-order valence-corrected chi connectivity index (χ4v) is 5.07. The molecule has 0 saturated heterocycles. The number of para-hydroxylation sites is 1. The fraction of sp³-hybridized carbons (Fsp3) is 0.211. The highest BCUT2D eigenvalue weighted by Gasteiger charge is 2.23. The smallest absolute Gasteiger partial charge is 0.255 e. The van der Waals surface area contributed by atoms with Gasteiger partial charge in [0.25, 0.3) is 5.91 Å². The van der Waals surface area contributed by atoms with Crippen molar-refractivity contribution in [1.82, 2.24) is 9.97 Å². The Morgan fingerprint density at radius 2 is 1.54 bits per heavy atom. The molecular weight excluding hydrogens is 600 g/mol. The van der Waals surface area contributed by atoms with Gasteiger partial charge in [-0.3, -0.25) is 4.79 Å². The lowest BCUT2D eigenvalue weighted by molar-refractivity contribution is 0.102. The molecule has 10 nitrogen and oxygen atoms in total. The van der Waals surface area contributed by atoms with E-state index in [-0.39, 0.29) is 5.91 Å². The summed E-state index contributed by atoms with van der Waals surface area (Å²) in [6, 6.07) is 32.5. The number of benzene rings is 4. The van der Waals surface area contributed by atoms with Crippen LogP contribution in [0.15, 0.2) is 115 Å². The number of amides is 1. The summed E-state index contributed by atoms with van der Waals surface area (Å²) in [5.41, 5.74) is 8.08. The minimum atomic E-state index is -0.691. The summed E-state index contributed by atoms with van der Waals surface area (Å²) in [5.74, 6) is 0.445. The van der Waals surface area contributed by atoms with Gasteiger partial charge in [0.1, 0.15) is 12.1 Å². The molecule has 6 rings (SSSR count). The number of anilines is 7. The molecule has 0 spiro atoms. The number of hydrazone groups is 1. The van der Waals surface area contributed by atoms with E-state index in [1.807, 2.05) is 87.7 Å². The number of aliphatic hydroxyl groups is 1. The van der Waals surface area contributed by atoms with Gasteiger partial charge in [-0.15, -0.1) is 0 Å². The number of aliphatic hydroxyl groups excluding tert-OH is 1. The quantitative estimate of drug-likeness (QED) is 0.127. The van der Waals surface area contributed by atoms with Gasteiger partial charge in [0.15, 0.2) is 6.23 Å². The Balaban J connectivity index is 0.00000145. The monoisotopic (exact) mass is 642 g/mol. The van der Waals surface area contributed by atoms with E-state index in [0.29, 0.717) is 23.5 Å². The van der Waals surface area contributed by atoms with Crippen LogP contribution in [0.5, 0.6) is 0 Å². The van der Waals surface area contributed by atoms with Gasteiger partial charge in [0.2, 0.25) is 0 Å². The van der Waals surface area contributed by atoms with Crippen molar-refractivity contribution in [1.29, 1.82) is 0 Å². The van der Waals surface area contributed by atoms with Gasteiger partial charge in [0.05, 0.1) is 11.4 Å². The zero-order valence-electron chi connectivity index (χ0n) is 28.0. The summed E-state index contributed by atoms with van der Waals surface area (Å²) >= 11 is 0. The molecule has 246 valence electrons. The van der Waals surface area contributed by atoms with Gasteiger partial charge in [-0.25, -0.2) is 15.0 Å². The Labute approximate surface area is 282 Å². The van der Waals surface area contributed by atoms with Gasteiger partial charge in [0, 0.05) is 71.9 Å². The van der Waals surface area contributed by atoms with E-state index in [2.05, 4.69) is 61.9 Å². The molecule has 1 aliphatic rings. The first-order chi connectivity index (χ1) is 23.2. The van der Waals surface area contributed by atoms with E-state index in [9.17, 15) is 9.90 Å². The van der Waals surface area contributed by atoms with Gasteiger partial charge in [-0.05, 0) is 73.7 Å². The number of hydrogen-bond acceptors (Lipinski definition) is 9. The molecule has 1 atom stereocenters. The largest absolute Gasteiger partial charge is 0.378 e. The molecule has 48 heavy (non-hydrogen) atoms. The van der Waals surface area contributed by atoms with Crippen LogP contribution in [-0.4, -0.2) is 47.0 Å². The molecule has 4 N–H and O–H groups in total. The van der Waals surface area contributed by atoms with Crippen molar-refractivity contribution >= 4 is 51.6 Å². The second-order valence-electron chi connectivity index (χ2n) is 11.7. The zero-order valence-corrected chi connectivity index (χ0v) is 28.0. The molecule has 0 saturated carbocycles. The lowest BCUT2D eigenvalue weighted by Gasteiger charge is -2.19. The first-order valence-corrected chi connectivity index (χ1v) is 16.0. The van der Waals surface area contributed by atoms with Crippen LogP contribution in [0.4, 0.5) is 39.9 Å². The average molecular weight is 643 g/mol. The highest BCUT2D eigenvalue weighted by molar-refractivity contribution is 6.04. The minimum Gasteiger partial charge on any atom is -0.378 e. The number of carbonyl (C=O) groups excluding carboxylic acids is 1. The van der Waals surface area contributed by atoms with Crippen molar-refractivity contribution in [2.75, 3.05) is 40.0 Å². The third kappa shape index (κ3) is 8.54. The highest BCUT2D eigenvalue weighted by atomic mass is 16.3. The Bertz CT molecular complexity index is 1870. The molecule has 1 amide bonds. The van der Waals surface area contributed by atoms with Crippen LogP contribution in [0.2, 0.25) is 0 Å². The number of aromatic nitrogens is 2. The second kappa shape index (κ2) is 15.7. The summed E-state index contributed by atoms with van der Waals surface area (Å²) in [4.78, 5) is 24.1. The molecular formula is C38H42N8O2. The van der Waals surface area contributed by atoms with E-state index < -0.39 is 6.23 Å². The molecule has 2 heterocycles. The third-order valence-electron chi connectivity index (χ3n) is 7.34. The predicted molar refractivity (Wildman–Crippen MR) is 198 cm³/mol. The molecule has 1 aromatic heterocycles. The third-order valence-corrected chi connectivity index (χ3v) is 7.34. The molecule has 1 aliphatic heterocycles. The van der Waals surface area contributed by atoms with Crippen LogP contribution in [0.25, 0.3) is 11.3 Å². The summed E-state index contributed by atoms with van der Waals surface area (Å²) in [5, 5.41) is 26.0. The van der Waals surface area contributed by atoms with Crippen LogP contribution in [0.1, 0.15) is 44.0 Å². The van der Waals surface area contributed by atoms with Crippen LogP contribution in [0, 0.1) is 0 Å². The first kappa shape index (κ1) is 33.6. The molecule has 0 aliphatic carbocycles. The van der Waals surface area contributed by atoms with Crippen LogP contribution in [0.3, 0.4) is 0 Å². The van der Waals surface area contributed by atoms with Crippen molar-refractivity contribution in [2.24, 2.45) is 5.10 Å². The molecule has 10 heteroatoms. The Morgan fingerprint density at radius 1 is 0.854 bits per heavy atom. The summed E-state index contributed by atoms with van der Waals surface area (Å²) in [6.07, 6.45) is 2.61. The summed E-state index contributed by atoms with van der Waals surface area (Å²) < 4.78 is 0. The highest BCUT2D eigenvalue weighted by Crippen LogP contribution is 2.31. The summed E-state index contributed by atoms with van der Waals surface area (Å²) in [6.45, 7) is 6.13. The van der Waals surface area contributed by atoms with Gasteiger partial charge >= 0.3 is 0 Å². The van der Waals surface area contributed by atoms with Crippen molar-refractivity contribution in [3.8, 4) is 11.3 Å². The zero-order chi connectivity index (χ0) is 34.0. The van der Waals surface area contributed by atoms with E-state index in [1.165, 1.54) is 6.42 Å². The Morgan fingerprint density at radius 3 is 2.25 bits per heavy atom. The number of nitrogens with zero attached hydrogens (tertiary/aromatic N) is 5. The molecule has 0 fully saturated rings. The van der Waals surface area contributed by atoms with Gasteiger partial charge in [-0.1, -0.05) is 50.6 Å². The average Bonchev–Trinajstić information content (AvgIpc) is 3.43. The van der Waals surface area contributed by atoms with Crippen molar-refractivity contribution < 1.29 is 9.90 Å². The van der Waals surface area contributed by atoms with E-state index >= 15 is 0 Å². The number of nitrogens with one attached hydrogen (secondary N) is 3. The standard InChI is InChI=1S/C35H34N8O2.C3H8/c1-23-18-34(44)43(41-23)28-16-14-24(15-17-28)35(45)40-26-9-6-8-25(19-26)38-31-13-5-4-12-30(31)32-21-33(37-22-36-32)39-27-10-7-11-29(20-27)42(2)3;1-3-2/h4-17,19-22,34,38,44H,18H2,1-3H3,(H,40,45)(H,36,37,39);3H2,1-2H3. The van der Waals surface area contributed by atoms with Crippen molar-refractivity contribution in [3.05, 3.63) is 115 Å². The molecule has 5 aromatic rings. The predicted octanol–water partition coefficient (Wildman–Crippen LogP) is 8.27. The molecule has 1 unspecified atom stereocenters. The molecule has 4 aromatic carbocycles. The van der Waals surface area contributed by atoms with E-state index in [0.717, 1.165) is 45.4 Å². The Kier molecular flexibility index (Phi) is 11.0. The van der Waals surface area contributed by atoms with Crippen molar-refractivity contribution in [2.45, 2.75) is 39.8 Å². The minimum absolute atomic E-state index is 0.238. The lowest BCUT2D eigenvalue weighted by Crippen LogP contribution is -2.25. The lowest BCUT2D eigenvalue weighted by atomic mass is 10.1. The topological polar surface area (TPSA) is 118 Å². The Hall–Kier alpha value is -5.74. The SMILES string of the molecule is CC1=NN(c2ccc(C(=O)Nc3cccc(Nc4ccccc4-c4cc(Nc5cccc(N(C)C)c5)ncn4)c3)cc2)C(O)C1.CCC. The van der Waals surface area contributed by atoms with Gasteiger partial charge in [-0.2, -0.15) is 5.10 Å². The van der Waals surface area contributed by atoms with E-state index in [4.69, 9.17) is 0 Å². The van der Waals surface area contributed by atoms with Gasteiger partial charge < -0.3 is 26.0 Å². The number of carbonyl (C=O) groups is 1. The van der Waals surface area contributed by atoms with Crippen LogP contribution < -0.4 is 25.9 Å². The van der Waals surface area contributed by atoms with Crippen LogP contribution in [-0.2, 0) is 0 Å². The number of hydrogen-bond donors (Lipinski definition) is 4. The maximum absolute atomic E-state index is 13.0. The van der Waals surface area contributed by atoms with E-state index in [1.54, 1.807) is 35.6 Å². The van der Waals surface area contributed by atoms with Crippen molar-refractivity contribution in [3.63, 3.8) is 0 Å². The molecule has 0 radical (unpaired) electrons. The normalized spacial score (nSPS) is 13.6.